The minimum atomic E-state index is 0.944. The lowest BCUT2D eigenvalue weighted by atomic mass is 10.1. The van der Waals surface area contributed by atoms with Crippen molar-refractivity contribution in [2.45, 2.75) is 38.5 Å². The fraction of sp³-hybridized carbons (Fsp3) is 0.400. The lowest BCUT2D eigenvalue weighted by molar-refractivity contribution is 0.661. The van der Waals surface area contributed by atoms with E-state index in [4.69, 9.17) is 5.41 Å². The quantitative estimate of drug-likeness (QED) is 0.480. The lowest BCUT2D eigenvalue weighted by Crippen LogP contribution is -1.78. The molecule has 0 heterocycles. The third-order valence-electron chi connectivity index (χ3n) is 2.58. The van der Waals surface area contributed by atoms with Gasteiger partial charge in [-0.05, 0) is 37.5 Å². The molecule has 0 amide bonds. The molecule has 1 nitrogen and oxygen atoms in total. The van der Waals surface area contributed by atoms with E-state index in [1.807, 2.05) is 6.07 Å². The molecule has 1 heteroatoms. The van der Waals surface area contributed by atoms with Crippen molar-refractivity contribution in [3.8, 4) is 0 Å². The molecule has 0 saturated carbocycles. The Morgan fingerprint density at radius 1 is 0.875 bits per heavy atom. The molecule has 1 aromatic rings. The van der Waals surface area contributed by atoms with Gasteiger partial charge in [-0.1, -0.05) is 55.3 Å². The predicted molar refractivity (Wildman–Crippen MR) is 72.0 cm³/mol. The molecule has 0 aromatic heterocycles. The van der Waals surface area contributed by atoms with Crippen molar-refractivity contribution in [1.29, 1.82) is 5.41 Å². The first kappa shape index (κ1) is 12.7. The van der Waals surface area contributed by atoms with Crippen LogP contribution in [0.1, 0.15) is 44.1 Å². The van der Waals surface area contributed by atoms with Crippen LogP contribution in [0.2, 0.25) is 0 Å². The van der Waals surface area contributed by atoms with Crippen LogP contribution < -0.4 is 0 Å². The van der Waals surface area contributed by atoms with Gasteiger partial charge < -0.3 is 5.41 Å². The Morgan fingerprint density at radius 3 is 2.25 bits per heavy atom. The molecule has 1 aromatic carbocycles. The second-order valence-electron chi connectivity index (χ2n) is 4.01. The molecule has 86 valence electrons. The standard InChI is InChI=1S/C15H21N/c16-14-10-5-3-1-2-4-7-11-15-12-8-6-9-13-15/h6-9,11-14,16H,1-5,10H2/b11-7+,16-14?. The first-order valence-corrected chi connectivity index (χ1v) is 6.14. The molecular weight excluding hydrogens is 194 g/mol. The van der Waals surface area contributed by atoms with Crippen LogP contribution in [0, 0.1) is 5.41 Å². The van der Waals surface area contributed by atoms with Gasteiger partial charge in [-0.3, -0.25) is 0 Å². The summed E-state index contributed by atoms with van der Waals surface area (Å²) < 4.78 is 0. The summed E-state index contributed by atoms with van der Waals surface area (Å²) in [5, 5.41) is 6.91. The van der Waals surface area contributed by atoms with Gasteiger partial charge in [0.2, 0.25) is 0 Å². The molecule has 0 spiro atoms. The third-order valence-corrected chi connectivity index (χ3v) is 2.58. The lowest BCUT2D eigenvalue weighted by Gasteiger charge is -1.96. The van der Waals surface area contributed by atoms with E-state index in [2.05, 4.69) is 36.4 Å². The monoisotopic (exact) mass is 215 g/mol. The van der Waals surface area contributed by atoms with Crippen molar-refractivity contribution in [3.05, 3.63) is 42.0 Å². The molecule has 0 radical (unpaired) electrons. The van der Waals surface area contributed by atoms with Crippen molar-refractivity contribution in [1.82, 2.24) is 0 Å². The zero-order chi connectivity index (χ0) is 11.5. The minimum absolute atomic E-state index is 0.944. The Labute approximate surface area is 98.7 Å². The summed E-state index contributed by atoms with van der Waals surface area (Å²) in [5.41, 5.74) is 1.28. The van der Waals surface area contributed by atoms with Gasteiger partial charge in [0.25, 0.3) is 0 Å². The van der Waals surface area contributed by atoms with E-state index in [0.717, 1.165) is 6.42 Å². The maximum absolute atomic E-state index is 6.91. The third kappa shape index (κ3) is 6.18. The number of hydrogen-bond acceptors (Lipinski definition) is 1. The summed E-state index contributed by atoms with van der Waals surface area (Å²) in [6.07, 6.45) is 13.0. The number of unbranched alkanes of at least 4 members (excludes halogenated alkanes) is 5. The Kier molecular flexibility index (Phi) is 7.06. The van der Waals surface area contributed by atoms with Crippen molar-refractivity contribution in [2.75, 3.05) is 0 Å². The second kappa shape index (κ2) is 8.90. The van der Waals surface area contributed by atoms with E-state index in [0.29, 0.717) is 0 Å². The summed E-state index contributed by atoms with van der Waals surface area (Å²) in [5.74, 6) is 0. The van der Waals surface area contributed by atoms with Gasteiger partial charge in [0.1, 0.15) is 0 Å². The summed E-state index contributed by atoms with van der Waals surface area (Å²) in [6, 6.07) is 10.4. The molecule has 0 saturated heterocycles. The predicted octanol–water partition coefficient (Wildman–Crippen LogP) is 4.69. The van der Waals surface area contributed by atoms with E-state index >= 15 is 0 Å². The fourth-order valence-electron chi connectivity index (χ4n) is 1.65. The number of benzene rings is 1. The van der Waals surface area contributed by atoms with Crippen molar-refractivity contribution in [3.63, 3.8) is 0 Å². The van der Waals surface area contributed by atoms with Gasteiger partial charge >= 0.3 is 0 Å². The van der Waals surface area contributed by atoms with Crippen LogP contribution >= 0.6 is 0 Å². The van der Waals surface area contributed by atoms with Crippen molar-refractivity contribution < 1.29 is 0 Å². The van der Waals surface area contributed by atoms with Gasteiger partial charge in [0.05, 0.1) is 0 Å². The molecule has 0 unspecified atom stereocenters. The van der Waals surface area contributed by atoms with Gasteiger partial charge in [-0.2, -0.15) is 0 Å². The van der Waals surface area contributed by atoms with E-state index in [1.54, 1.807) is 0 Å². The van der Waals surface area contributed by atoms with Crippen LogP contribution in [0.3, 0.4) is 0 Å². The largest absolute Gasteiger partial charge is 0.313 e. The Morgan fingerprint density at radius 2 is 1.56 bits per heavy atom. The molecule has 0 aliphatic carbocycles. The Hall–Kier alpha value is -1.37. The van der Waals surface area contributed by atoms with Crippen molar-refractivity contribution in [2.24, 2.45) is 0 Å². The van der Waals surface area contributed by atoms with Crippen molar-refractivity contribution >= 4 is 12.3 Å². The number of nitrogens with one attached hydrogen (secondary N) is 1. The summed E-state index contributed by atoms with van der Waals surface area (Å²) in [4.78, 5) is 0. The number of hydrogen-bond donors (Lipinski definition) is 1. The number of allylic oxidation sites excluding steroid dienone is 1. The molecule has 0 bridgehead atoms. The molecule has 0 atom stereocenters. The van der Waals surface area contributed by atoms with Gasteiger partial charge in [0.15, 0.2) is 0 Å². The van der Waals surface area contributed by atoms with E-state index in [1.165, 1.54) is 43.9 Å². The van der Waals surface area contributed by atoms with Gasteiger partial charge in [-0.15, -0.1) is 0 Å². The molecule has 0 aliphatic heterocycles. The maximum Gasteiger partial charge on any atom is -0.00477 e. The van der Waals surface area contributed by atoms with Crippen LogP contribution in [0.15, 0.2) is 36.4 Å². The van der Waals surface area contributed by atoms with Gasteiger partial charge in [0, 0.05) is 0 Å². The SMILES string of the molecule is N=CCCCCCC/C=C/c1ccccc1. The summed E-state index contributed by atoms with van der Waals surface area (Å²) in [7, 11) is 0. The van der Waals surface area contributed by atoms with E-state index < -0.39 is 0 Å². The molecule has 1 N–H and O–H groups in total. The molecule has 16 heavy (non-hydrogen) atoms. The van der Waals surface area contributed by atoms with Crippen LogP contribution in [0.4, 0.5) is 0 Å². The average molecular weight is 215 g/mol. The van der Waals surface area contributed by atoms with Crippen LogP contribution in [0.25, 0.3) is 6.08 Å². The fourth-order valence-corrected chi connectivity index (χ4v) is 1.65. The molecular formula is C15H21N. The van der Waals surface area contributed by atoms with Gasteiger partial charge in [-0.25, -0.2) is 0 Å². The maximum atomic E-state index is 6.91. The second-order valence-corrected chi connectivity index (χ2v) is 4.01. The van der Waals surface area contributed by atoms with E-state index in [-0.39, 0.29) is 0 Å². The van der Waals surface area contributed by atoms with Crippen LogP contribution in [-0.2, 0) is 0 Å². The molecule has 0 aliphatic rings. The highest BCUT2D eigenvalue weighted by Crippen LogP contribution is 2.07. The zero-order valence-corrected chi connectivity index (χ0v) is 9.86. The van der Waals surface area contributed by atoms with E-state index in [9.17, 15) is 0 Å². The zero-order valence-electron chi connectivity index (χ0n) is 9.86. The highest BCUT2D eigenvalue weighted by atomic mass is 14.3. The first-order chi connectivity index (χ1) is 7.93. The Bertz CT molecular complexity index is 300. The Balaban J connectivity index is 2.03. The minimum Gasteiger partial charge on any atom is -0.313 e. The summed E-state index contributed by atoms with van der Waals surface area (Å²) in [6.45, 7) is 0. The number of rotatable bonds is 8. The normalized spacial score (nSPS) is 10.8. The molecule has 0 fully saturated rings. The topological polar surface area (TPSA) is 23.9 Å². The van der Waals surface area contributed by atoms with Crippen LogP contribution in [0.5, 0.6) is 0 Å². The highest BCUT2D eigenvalue weighted by molar-refractivity contribution is 5.52. The highest BCUT2D eigenvalue weighted by Gasteiger charge is 1.87. The smallest absolute Gasteiger partial charge is 0.00477 e. The average Bonchev–Trinajstić information content (AvgIpc) is 2.34. The first-order valence-electron chi connectivity index (χ1n) is 6.14. The van der Waals surface area contributed by atoms with Crippen LogP contribution in [-0.4, -0.2) is 6.21 Å². The molecule has 1 rings (SSSR count). The summed E-state index contributed by atoms with van der Waals surface area (Å²) >= 11 is 0.